The van der Waals surface area contributed by atoms with Gasteiger partial charge in [0.1, 0.15) is 0 Å². The van der Waals surface area contributed by atoms with Gasteiger partial charge in [-0.2, -0.15) is 0 Å². The van der Waals surface area contributed by atoms with Crippen molar-refractivity contribution in [3.8, 4) is 11.5 Å². The van der Waals surface area contributed by atoms with Crippen LogP contribution in [-0.2, 0) is 0 Å². The van der Waals surface area contributed by atoms with E-state index in [1.807, 2.05) is 55.5 Å². The van der Waals surface area contributed by atoms with Gasteiger partial charge in [0.15, 0.2) is 0 Å². The third-order valence-corrected chi connectivity index (χ3v) is 5.50. The van der Waals surface area contributed by atoms with Gasteiger partial charge in [-0.1, -0.05) is 29.2 Å². The highest BCUT2D eigenvalue weighted by atomic mass is 16.4. The summed E-state index contributed by atoms with van der Waals surface area (Å²) in [5, 5.41) is 14.3. The van der Waals surface area contributed by atoms with Crippen molar-refractivity contribution >= 4 is 17.6 Å². The monoisotopic (exact) mass is 419 g/mol. The molecule has 1 amide bonds. The van der Waals surface area contributed by atoms with Gasteiger partial charge in [0.25, 0.3) is 5.91 Å². The zero-order valence-corrected chi connectivity index (χ0v) is 17.9. The van der Waals surface area contributed by atoms with Crippen LogP contribution in [-0.4, -0.2) is 47.2 Å². The summed E-state index contributed by atoms with van der Waals surface area (Å²) >= 11 is 0. The summed E-state index contributed by atoms with van der Waals surface area (Å²) in [6.07, 6.45) is 5.04. The van der Waals surface area contributed by atoms with E-state index in [2.05, 4.69) is 25.7 Å². The molecule has 4 rings (SSSR count). The van der Waals surface area contributed by atoms with Crippen LogP contribution in [0.3, 0.4) is 0 Å². The minimum atomic E-state index is -0.137. The topological polar surface area (TPSA) is 83.3 Å². The summed E-state index contributed by atoms with van der Waals surface area (Å²) in [6.45, 7) is 6.33. The third kappa shape index (κ3) is 5.92. The van der Waals surface area contributed by atoms with E-state index in [0.717, 1.165) is 30.6 Å². The van der Waals surface area contributed by atoms with E-state index >= 15 is 0 Å². The van der Waals surface area contributed by atoms with Gasteiger partial charge in [0, 0.05) is 23.4 Å². The van der Waals surface area contributed by atoms with Gasteiger partial charge in [0.05, 0.1) is 0 Å². The Hall–Kier alpha value is -3.19. The second kappa shape index (κ2) is 10.2. The molecule has 0 atom stereocenters. The fourth-order valence-corrected chi connectivity index (χ4v) is 3.70. The molecule has 0 bridgehead atoms. The van der Waals surface area contributed by atoms with Crippen molar-refractivity contribution in [2.45, 2.75) is 32.6 Å². The SMILES string of the molecule is Cc1ccc(C(=O)Nc2ccc(-c3nnc(NCCCN4CCCCC4)o3)cc2)cc1. The van der Waals surface area contributed by atoms with Crippen LogP contribution in [0, 0.1) is 6.92 Å². The number of benzene rings is 2. The van der Waals surface area contributed by atoms with E-state index in [1.54, 1.807) is 0 Å². The normalized spacial score (nSPS) is 14.4. The molecule has 162 valence electrons. The summed E-state index contributed by atoms with van der Waals surface area (Å²) in [6, 6.07) is 15.3. The number of nitrogens with zero attached hydrogens (tertiary/aromatic N) is 3. The van der Waals surface area contributed by atoms with Gasteiger partial charge in [-0.3, -0.25) is 4.79 Å². The van der Waals surface area contributed by atoms with Crippen molar-refractivity contribution in [1.82, 2.24) is 15.1 Å². The first-order chi connectivity index (χ1) is 15.2. The molecule has 0 aliphatic carbocycles. The van der Waals surface area contributed by atoms with Crippen molar-refractivity contribution in [1.29, 1.82) is 0 Å². The van der Waals surface area contributed by atoms with Crippen molar-refractivity contribution in [2.75, 3.05) is 36.8 Å². The van der Waals surface area contributed by atoms with Crippen LogP contribution in [0.4, 0.5) is 11.7 Å². The summed E-state index contributed by atoms with van der Waals surface area (Å²) in [4.78, 5) is 14.9. The number of hydrogen-bond donors (Lipinski definition) is 2. The Balaban J connectivity index is 1.26. The average Bonchev–Trinajstić information content (AvgIpc) is 3.27. The zero-order chi connectivity index (χ0) is 21.5. The van der Waals surface area contributed by atoms with Crippen LogP contribution in [0.1, 0.15) is 41.6 Å². The van der Waals surface area contributed by atoms with Crippen LogP contribution in [0.5, 0.6) is 0 Å². The summed E-state index contributed by atoms with van der Waals surface area (Å²) in [5.74, 6) is 0.316. The van der Waals surface area contributed by atoms with Crippen molar-refractivity contribution in [2.24, 2.45) is 0 Å². The Morgan fingerprint density at radius 2 is 1.74 bits per heavy atom. The predicted molar refractivity (Wildman–Crippen MR) is 122 cm³/mol. The first kappa shape index (κ1) is 21.1. The lowest BCUT2D eigenvalue weighted by atomic mass is 10.1. The molecule has 0 spiro atoms. The molecular formula is C24H29N5O2. The third-order valence-electron chi connectivity index (χ3n) is 5.50. The van der Waals surface area contributed by atoms with Crippen molar-refractivity contribution < 1.29 is 9.21 Å². The van der Waals surface area contributed by atoms with Gasteiger partial charge in [-0.05, 0) is 82.2 Å². The molecule has 1 aliphatic heterocycles. The minimum absolute atomic E-state index is 0.137. The Kier molecular flexibility index (Phi) is 6.94. The maximum atomic E-state index is 12.3. The highest BCUT2D eigenvalue weighted by Crippen LogP contribution is 2.22. The lowest BCUT2D eigenvalue weighted by Gasteiger charge is -2.26. The summed E-state index contributed by atoms with van der Waals surface area (Å²) in [5.41, 5.74) is 3.27. The predicted octanol–water partition coefficient (Wildman–Crippen LogP) is 4.59. The molecule has 1 fully saturated rings. The van der Waals surface area contributed by atoms with Gasteiger partial charge in [-0.25, -0.2) is 0 Å². The maximum Gasteiger partial charge on any atom is 0.315 e. The van der Waals surface area contributed by atoms with E-state index in [4.69, 9.17) is 4.42 Å². The number of anilines is 2. The van der Waals surface area contributed by atoms with E-state index in [1.165, 1.54) is 32.4 Å². The molecule has 0 saturated carbocycles. The standard InChI is InChI=1S/C24H29N5O2/c1-18-6-8-19(9-7-18)22(30)26-21-12-10-20(11-13-21)23-27-28-24(31-23)25-14-5-17-29-15-3-2-4-16-29/h6-13H,2-5,14-17H2,1H3,(H,25,28)(H,26,30). The molecule has 2 N–H and O–H groups in total. The van der Waals surface area contributed by atoms with Crippen molar-refractivity contribution in [3.05, 3.63) is 59.7 Å². The number of carbonyl (C=O) groups is 1. The van der Waals surface area contributed by atoms with Crippen LogP contribution in [0.25, 0.3) is 11.5 Å². The zero-order valence-electron chi connectivity index (χ0n) is 17.9. The number of hydrogen-bond acceptors (Lipinski definition) is 6. The van der Waals surface area contributed by atoms with E-state index in [9.17, 15) is 4.79 Å². The van der Waals surface area contributed by atoms with Gasteiger partial charge in [-0.15, -0.1) is 5.10 Å². The highest BCUT2D eigenvalue weighted by molar-refractivity contribution is 6.04. The molecule has 7 nitrogen and oxygen atoms in total. The highest BCUT2D eigenvalue weighted by Gasteiger charge is 2.11. The number of aryl methyl sites for hydroxylation is 1. The number of amides is 1. The van der Waals surface area contributed by atoms with E-state index < -0.39 is 0 Å². The molecule has 1 saturated heterocycles. The molecule has 7 heteroatoms. The van der Waals surface area contributed by atoms with Crippen LogP contribution in [0.15, 0.2) is 52.9 Å². The van der Waals surface area contributed by atoms with E-state index in [0.29, 0.717) is 23.2 Å². The Morgan fingerprint density at radius 1 is 1.00 bits per heavy atom. The van der Waals surface area contributed by atoms with Crippen LogP contribution >= 0.6 is 0 Å². The number of aromatic nitrogens is 2. The maximum absolute atomic E-state index is 12.3. The van der Waals surface area contributed by atoms with Gasteiger partial charge < -0.3 is 20.0 Å². The number of rotatable bonds is 8. The lowest BCUT2D eigenvalue weighted by Crippen LogP contribution is -2.31. The summed E-state index contributed by atoms with van der Waals surface area (Å²) < 4.78 is 5.73. The van der Waals surface area contributed by atoms with E-state index in [-0.39, 0.29) is 5.91 Å². The summed E-state index contributed by atoms with van der Waals surface area (Å²) in [7, 11) is 0. The van der Waals surface area contributed by atoms with Gasteiger partial charge >= 0.3 is 6.01 Å². The van der Waals surface area contributed by atoms with Gasteiger partial charge in [0.2, 0.25) is 5.89 Å². The molecule has 1 aromatic heterocycles. The average molecular weight is 420 g/mol. The fraction of sp³-hybridized carbons (Fsp3) is 0.375. The first-order valence-electron chi connectivity index (χ1n) is 11.0. The second-order valence-electron chi connectivity index (χ2n) is 7.99. The molecular weight excluding hydrogens is 390 g/mol. The van der Waals surface area contributed by atoms with Crippen LogP contribution < -0.4 is 10.6 Å². The number of carbonyl (C=O) groups excluding carboxylic acids is 1. The Bertz CT molecular complexity index is 976. The molecule has 2 heterocycles. The lowest BCUT2D eigenvalue weighted by molar-refractivity contribution is 0.102. The molecule has 0 unspecified atom stereocenters. The molecule has 1 aliphatic rings. The minimum Gasteiger partial charge on any atom is -0.403 e. The smallest absolute Gasteiger partial charge is 0.315 e. The van der Waals surface area contributed by atoms with Crippen LogP contribution in [0.2, 0.25) is 0 Å². The number of piperidine rings is 1. The quantitative estimate of drug-likeness (QED) is 0.520. The molecule has 3 aromatic rings. The molecule has 2 aromatic carbocycles. The van der Waals surface area contributed by atoms with Crippen molar-refractivity contribution in [3.63, 3.8) is 0 Å². The number of nitrogens with one attached hydrogen (secondary N) is 2. The largest absolute Gasteiger partial charge is 0.403 e. The second-order valence-corrected chi connectivity index (χ2v) is 7.99. The Labute approximate surface area is 182 Å². The first-order valence-corrected chi connectivity index (χ1v) is 11.0. The molecule has 31 heavy (non-hydrogen) atoms. The fourth-order valence-electron chi connectivity index (χ4n) is 3.70. The number of likely N-dealkylation sites (tertiary alicyclic amines) is 1. The Morgan fingerprint density at radius 3 is 2.48 bits per heavy atom. The molecule has 0 radical (unpaired) electrons.